The van der Waals surface area contributed by atoms with Gasteiger partial charge < -0.3 is 19.3 Å². The largest absolute Gasteiger partial charge is 0.379 e. The summed E-state index contributed by atoms with van der Waals surface area (Å²) in [6.07, 6.45) is 5.25. The Morgan fingerprint density at radius 3 is 3.04 bits per heavy atom. The van der Waals surface area contributed by atoms with Gasteiger partial charge in [0.2, 0.25) is 5.91 Å². The van der Waals surface area contributed by atoms with Crippen LogP contribution in [0.15, 0.2) is 29.0 Å². The Bertz CT molecular complexity index is 697. The van der Waals surface area contributed by atoms with Crippen molar-refractivity contribution in [1.82, 2.24) is 15.5 Å². The molecular weight excluding hydrogens is 334 g/mol. The fraction of sp³-hybridized carbons (Fsp3) is 0.526. The van der Waals surface area contributed by atoms with Crippen LogP contribution in [0.25, 0.3) is 0 Å². The molecule has 3 rings (SSSR count). The number of pyridine rings is 1. The molecule has 0 radical (unpaired) electrons. The van der Waals surface area contributed by atoms with Gasteiger partial charge in [-0.1, -0.05) is 11.2 Å². The van der Waals surface area contributed by atoms with Crippen LogP contribution in [0.3, 0.4) is 0 Å². The molecule has 0 aliphatic carbocycles. The molecule has 0 unspecified atom stereocenters. The molecule has 0 aromatic carbocycles. The first-order chi connectivity index (χ1) is 12.6. The highest BCUT2D eigenvalue weighted by atomic mass is 16.5. The summed E-state index contributed by atoms with van der Waals surface area (Å²) >= 11 is 0. The highest BCUT2D eigenvalue weighted by Gasteiger charge is 2.28. The second-order valence-corrected chi connectivity index (χ2v) is 6.55. The van der Waals surface area contributed by atoms with Gasteiger partial charge in [-0.2, -0.15) is 0 Å². The van der Waals surface area contributed by atoms with E-state index in [1.807, 2.05) is 26.0 Å². The minimum absolute atomic E-state index is 0.00436. The molecule has 1 saturated heterocycles. The Hall–Kier alpha value is -2.25. The van der Waals surface area contributed by atoms with Gasteiger partial charge in [0.05, 0.1) is 31.1 Å². The lowest BCUT2D eigenvalue weighted by Gasteiger charge is -2.32. The number of amides is 1. The average Bonchev–Trinajstić information content (AvgIpc) is 2.98. The maximum Gasteiger partial charge on any atom is 0.220 e. The number of rotatable bonds is 7. The fourth-order valence-corrected chi connectivity index (χ4v) is 3.03. The summed E-state index contributed by atoms with van der Waals surface area (Å²) < 4.78 is 16.8. The highest BCUT2D eigenvalue weighted by molar-refractivity contribution is 5.76. The lowest BCUT2D eigenvalue weighted by molar-refractivity contribution is -0.126. The van der Waals surface area contributed by atoms with Crippen LogP contribution in [0.4, 0.5) is 0 Å². The van der Waals surface area contributed by atoms with Gasteiger partial charge in [0.15, 0.2) is 0 Å². The Balaban J connectivity index is 1.50. The number of aryl methyl sites for hydroxylation is 3. The monoisotopic (exact) mass is 359 g/mol. The summed E-state index contributed by atoms with van der Waals surface area (Å²) in [6.45, 7) is 5.30. The number of nitrogens with one attached hydrogen (secondary N) is 1. The van der Waals surface area contributed by atoms with Gasteiger partial charge in [-0.3, -0.25) is 9.78 Å². The molecule has 140 valence electrons. The molecule has 26 heavy (non-hydrogen) atoms. The van der Waals surface area contributed by atoms with Gasteiger partial charge in [0.25, 0.3) is 0 Å². The second kappa shape index (κ2) is 8.91. The summed E-state index contributed by atoms with van der Waals surface area (Å²) in [6, 6.07) is 3.70. The van der Waals surface area contributed by atoms with Gasteiger partial charge in [0.1, 0.15) is 5.76 Å². The minimum atomic E-state index is -0.148. The number of hydrogen-bond acceptors (Lipinski definition) is 6. The predicted octanol–water partition coefficient (Wildman–Crippen LogP) is 2.11. The SMILES string of the molecule is Cc1noc(C)c1CO[C@@H]1CCOC[C@@H]1NC(=O)CCc1cccnc1. The zero-order valence-corrected chi connectivity index (χ0v) is 15.2. The average molecular weight is 359 g/mol. The van der Waals surface area contributed by atoms with Crippen LogP contribution in [-0.4, -0.2) is 41.4 Å². The predicted molar refractivity (Wildman–Crippen MR) is 94.5 cm³/mol. The summed E-state index contributed by atoms with van der Waals surface area (Å²) in [4.78, 5) is 16.4. The first kappa shape index (κ1) is 18.5. The quantitative estimate of drug-likeness (QED) is 0.815. The van der Waals surface area contributed by atoms with E-state index in [4.69, 9.17) is 14.0 Å². The van der Waals surface area contributed by atoms with E-state index in [2.05, 4.69) is 15.5 Å². The third kappa shape index (κ3) is 4.89. The van der Waals surface area contributed by atoms with Crippen molar-refractivity contribution in [3.05, 3.63) is 47.1 Å². The van der Waals surface area contributed by atoms with Gasteiger partial charge in [-0.05, 0) is 38.3 Å². The molecule has 0 spiro atoms. The molecule has 7 heteroatoms. The maximum atomic E-state index is 12.3. The number of ether oxygens (including phenoxy) is 2. The topological polar surface area (TPSA) is 86.5 Å². The van der Waals surface area contributed by atoms with E-state index >= 15 is 0 Å². The zero-order chi connectivity index (χ0) is 18.4. The number of nitrogens with zero attached hydrogens (tertiary/aromatic N) is 2. The summed E-state index contributed by atoms with van der Waals surface area (Å²) in [5, 5.41) is 7.00. The van der Waals surface area contributed by atoms with Gasteiger partial charge >= 0.3 is 0 Å². The Morgan fingerprint density at radius 1 is 1.42 bits per heavy atom. The molecule has 1 aliphatic rings. The molecule has 0 saturated carbocycles. The number of carbonyl (C=O) groups excluding carboxylic acids is 1. The summed E-state index contributed by atoms with van der Waals surface area (Å²) in [5.41, 5.74) is 2.86. The lowest BCUT2D eigenvalue weighted by atomic mass is 10.1. The standard InChI is InChI=1S/C19H25N3O4/c1-13-16(14(2)26-22-13)11-25-18-7-9-24-12-17(18)21-19(23)6-5-15-4-3-8-20-10-15/h3-4,8,10,17-18H,5-7,9,11-12H2,1-2H3,(H,21,23)/t17-,18+/m0/s1. The van der Waals surface area contributed by atoms with Gasteiger partial charge in [0, 0.05) is 31.0 Å². The Kier molecular flexibility index (Phi) is 6.35. The van der Waals surface area contributed by atoms with E-state index in [1.54, 1.807) is 12.4 Å². The molecule has 2 atom stereocenters. The van der Waals surface area contributed by atoms with Gasteiger partial charge in [-0.15, -0.1) is 0 Å². The van der Waals surface area contributed by atoms with Crippen LogP contribution in [0.1, 0.15) is 35.4 Å². The number of carbonyl (C=O) groups is 1. The van der Waals surface area contributed by atoms with Crippen LogP contribution in [0.5, 0.6) is 0 Å². The minimum Gasteiger partial charge on any atom is -0.379 e. The molecule has 1 fully saturated rings. The normalized spacial score (nSPS) is 20.1. The second-order valence-electron chi connectivity index (χ2n) is 6.55. The van der Waals surface area contributed by atoms with Crippen molar-refractivity contribution in [3.8, 4) is 0 Å². The first-order valence-corrected chi connectivity index (χ1v) is 8.93. The van der Waals surface area contributed by atoms with E-state index in [9.17, 15) is 4.79 Å². The van der Waals surface area contributed by atoms with Crippen molar-refractivity contribution in [2.75, 3.05) is 13.2 Å². The van der Waals surface area contributed by atoms with Crippen molar-refractivity contribution in [3.63, 3.8) is 0 Å². The van der Waals surface area contributed by atoms with Crippen LogP contribution < -0.4 is 5.32 Å². The first-order valence-electron chi connectivity index (χ1n) is 8.93. The van der Waals surface area contributed by atoms with Crippen molar-refractivity contribution in [2.45, 2.75) is 51.9 Å². The third-order valence-electron chi connectivity index (χ3n) is 4.63. The Labute approximate surface area is 153 Å². The number of hydrogen-bond donors (Lipinski definition) is 1. The fourth-order valence-electron chi connectivity index (χ4n) is 3.03. The van der Waals surface area contributed by atoms with E-state index in [0.29, 0.717) is 32.7 Å². The summed E-state index contributed by atoms with van der Waals surface area (Å²) in [5.74, 6) is 0.766. The number of aromatic nitrogens is 2. The van der Waals surface area contributed by atoms with E-state index in [-0.39, 0.29) is 18.1 Å². The lowest BCUT2D eigenvalue weighted by Crippen LogP contribution is -2.50. The maximum absolute atomic E-state index is 12.3. The van der Waals surface area contributed by atoms with E-state index in [1.165, 1.54) is 0 Å². The molecule has 3 heterocycles. The van der Waals surface area contributed by atoms with Crippen molar-refractivity contribution in [1.29, 1.82) is 0 Å². The molecule has 1 N–H and O–H groups in total. The molecule has 1 aliphatic heterocycles. The van der Waals surface area contributed by atoms with Crippen LogP contribution in [0.2, 0.25) is 0 Å². The summed E-state index contributed by atoms with van der Waals surface area (Å²) in [7, 11) is 0. The van der Waals surface area contributed by atoms with Gasteiger partial charge in [-0.25, -0.2) is 0 Å². The molecule has 2 aromatic rings. The van der Waals surface area contributed by atoms with Crippen LogP contribution in [0, 0.1) is 13.8 Å². The van der Waals surface area contributed by atoms with Crippen molar-refractivity contribution in [2.24, 2.45) is 0 Å². The van der Waals surface area contributed by atoms with Crippen molar-refractivity contribution >= 4 is 5.91 Å². The third-order valence-corrected chi connectivity index (χ3v) is 4.63. The molecule has 2 aromatic heterocycles. The Morgan fingerprint density at radius 2 is 2.31 bits per heavy atom. The van der Waals surface area contributed by atoms with E-state index < -0.39 is 0 Å². The highest BCUT2D eigenvalue weighted by Crippen LogP contribution is 2.18. The molecule has 7 nitrogen and oxygen atoms in total. The van der Waals surface area contributed by atoms with Crippen molar-refractivity contribution < 1.29 is 18.8 Å². The zero-order valence-electron chi connectivity index (χ0n) is 15.2. The smallest absolute Gasteiger partial charge is 0.220 e. The van der Waals surface area contributed by atoms with Crippen LogP contribution in [-0.2, 0) is 27.3 Å². The molecule has 1 amide bonds. The molecular formula is C19H25N3O4. The van der Waals surface area contributed by atoms with E-state index in [0.717, 1.165) is 29.0 Å². The molecule has 0 bridgehead atoms. The van der Waals surface area contributed by atoms with Crippen LogP contribution >= 0.6 is 0 Å².